The van der Waals surface area contributed by atoms with E-state index in [1.54, 1.807) is 0 Å². The summed E-state index contributed by atoms with van der Waals surface area (Å²) in [6.45, 7) is 0. The lowest BCUT2D eigenvalue weighted by atomic mass is 9.64. The topological polar surface area (TPSA) is 69.9 Å². The van der Waals surface area contributed by atoms with Gasteiger partial charge in [0.1, 0.15) is 12.2 Å². The van der Waals surface area contributed by atoms with Crippen molar-refractivity contribution in [2.24, 2.45) is 0 Å². The van der Waals surface area contributed by atoms with Gasteiger partial charge in [-0.25, -0.2) is 0 Å². The average Bonchev–Trinajstić information content (AvgIpc) is 3.09. The molecule has 144 valence electrons. The second kappa shape index (κ2) is 7.86. The van der Waals surface area contributed by atoms with Crippen LogP contribution in [-0.4, -0.2) is 39.9 Å². The molecule has 0 spiro atoms. The van der Waals surface area contributed by atoms with Gasteiger partial charge >= 0.3 is 0 Å². The van der Waals surface area contributed by atoms with Crippen LogP contribution in [0, 0.1) is 0 Å². The van der Waals surface area contributed by atoms with E-state index in [-0.39, 0.29) is 6.42 Å². The highest BCUT2D eigenvalue weighted by molar-refractivity contribution is 5.52. The second-order valence-corrected chi connectivity index (χ2v) is 7.21. The Labute approximate surface area is 164 Å². The average molecular weight is 376 g/mol. The molecule has 3 aromatic rings. The van der Waals surface area contributed by atoms with E-state index in [1.807, 2.05) is 91.0 Å². The summed E-state index contributed by atoms with van der Waals surface area (Å²) in [5.74, 6) is 0. The standard InChI is InChI=1S/C24H24O4/c25-20-16-21(26)28-22(20)23(27)24(17-10-4-1-5-11-17,18-12-6-2-7-13-18)19-14-8-3-9-15-19/h1-15,20-23,25-27H,16H2/t20-,21+,22+,23?/m1/s1. The van der Waals surface area contributed by atoms with E-state index < -0.39 is 30.0 Å². The first kappa shape index (κ1) is 18.8. The van der Waals surface area contributed by atoms with E-state index in [2.05, 4.69) is 0 Å². The Kier molecular flexibility index (Phi) is 5.29. The number of aliphatic hydroxyl groups is 3. The Hall–Kier alpha value is -2.50. The molecule has 1 unspecified atom stereocenters. The molecule has 0 aliphatic carbocycles. The molecule has 4 rings (SSSR count). The Balaban J connectivity index is 1.99. The van der Waals surface area contributed by atoms with Crippen molar-refractivity contribution >= 4 is 0 Å². The van der Waals surface area contributed by atoms with Crippen molar-refractivity contribution in [2.75, 3.05) is 0 Å². The molecule has 1 aliphatic heterocycles. The zero-order valence-corrected chi connectivity index (χ0v) is 15.4. The number of aliphatic hydroxyl groups excluding tert-OH is 3. The van der Waals surface area contributed by atoms with Crippen molar-refractivity contribution < 1.29 is 20.1 Å². The van der Waals surface area contributed by atoms with Crippen molar-refractivity contribution in [3.63, 3.8) is 0 Å². The Morgan fingerprint density at radius 3 is 1.43 bits per heavy atom. The number of hydrogen-bond acceptors (Lipinski definition) is 4. The smallest absolute Gasteiger partial charge is 0.157 e. The van der Waals surface area contributed by atoms with Crippen LogP contribution in [0.5, 0.6) is 0 Å². The normalized spacial score (nSPS) is 23.5. The van der Waals surface area contributed by atoms with Crippen LogP contribution in [0.4, 0.5) is 0 Å². The van der Waals surface area contributed by atoms with Crippen LogP contribution in [0.15, 0.2) is 91.0 Å². The van der Waals surface area contributed by atoms with E-state index in [0.717, 1.165) is 16.7 Å². The zero-order valence-electron chi connectivity index (χ0n) is 15.4. The monoisotopic (exact) mass is 376 g/mol. The molecule has 1 saturated heterocycles. The summed E-state index contributed by atoms with van der Waals surface area (Å²) in [6.07, 6.45) is -4.01. The van der Waals surface area contributed by atoms with Gasteiger partial charge in [-0.1, -0.05) is 91.0 Å². The van der Waals surface area contributed by atoms with E-state index in [1.165, 1.54) is 0 Å². The molecule has 0 saturated carbocycles. The lowest BCUT2D eigenvalue weighted by Crippen LogP contribution is -2.51. The first-order valence-corrected chi connectivity index (χ1v) is 9.50. The van der Waals surface area contributed by atoms with Gasteiger partial charge in [0.05, 0.1) is 11.5 Å². The Bertz CT molecular complexity index is 786. The molecular weight excluding hydrogens is 352 g/mol. The van der Waals surface area contributed by atoms with E-state index in [4.69, 9.17) is 4.74 Å². The fraction of sp³-hybridized carbons (Fsp3) is 0.250. The van der Waals surface area contributed by atoms with E-state index >= 15 is 0 Å². The highest BCUT2D eigenvalue weighted by Gasteiger charge is 2.51. The molecule has 0 bridgehead atoms. The molecule has 3 N–H and O–H groups in total. The lowest BCUT2D eigenvalue weighted by Gasteiger charge is -2.42. The summed E-state index contributed by atoms with van der Waals surface area (Å²) in [6, 6.07) is 29.2. The molecule has 3 aromatic carbocycles. The van der Waals surface area contributed by atoms with Crippen LogP contribution >= 0.6 is 0 Å². The van der Waals surface area contributed by atoms with Gasteiger partial charge in [-0.15, -0.1) is 0 Å². The fourth-order valence-corrected chi connectivity index (χ4v) is 4.31. The highest BCUT2D eigenvalue weighted by Crippen LogP contribution is 2.45. The number of rotatable bonds is 5. The quantitative estimate of drug-likeness (QED) is 0.599. The third kappa shape index (κ3) is 3.15. The lowest BCUT2D eigenvalue weighted by molar-refractivity contribution is -0.138. The summed E-state index contributed by atoms with van der Waals surface area (Å²) >= 11 is 0. The summed E-state index contributed by atoms with van der Waals surface area (Å²) in [7, 11) is 0. The van der Waals surface area contributed by atoms with Gasteiger partial charge < -0.3 is 20.1 Å². The van der Waals surface area contributed by atoms with Crippen LogP contribution < -0.4 is 0 Å². The van der Waals surface area contributed by atoms with Crippen molar-refractivity contribution in [3.05, 3.63) is 108 Å². The molecule has 0 amide bonds. The molecule has 1 heterocycles. The number of hydrogen-bond donors (Lipinski definition) is 3. The fourth-order valence-electron chi connectivity index (χ4n) is 4.31. The van der Waals surface area contributed by atoms with Crippen LogP contribution in [0.2, 0.25) is 0 Å². The maximum absolute atomic E-state index is 11.7. The minimum absolute atomic E-state index is 0.0795. The van der Waals surface area contributed by atoms with Crippen molar-refractivity contribution in [2.45, 2.75) is 36.4 Å². The third-order valence-corrected chi connectivity index (χ3v) is 5.58. The molecule has 4 atom stereocenters. The van der Waals surface area contributed by atoms with Gasteiger partial charge in [0.2, 0.25) is 0 Å². The predicted molar refractivity (Wildman–Crippen MR) is 107 cm³/mol. The van der Waals surface area contributed by atoms with Crippen LogP contribution in [-0.2, 0) is 10.2 Å². The van der Waals surface area contributed by atoms with E-state index in [9.17, 15) is 15.3 Å². The minimum Gasteiger partial charge on any atom is -0.390 e. The van der Waals surface area contributed by atoms with Crippen LogP contribution in [0.1, 0.15) is 23.1 Å². The third-order valence-electron chi connectivity index (χ3n) is 5.58. The Morgan fingerprint density at radius 1 is 0.714 bits per heavy atom. The van der Waals surface area contributed by atoms with Crippen molar-refractivity contribution in [1.82, 2.24) is 0 Å². The second-order valence-electron chi connectivity index (χ2n) is 7.21. The highest BCUT2D eigenvalue weighted by atomic mass is 16.6. The summed E-state index contributed by atoms with van der Waals surface area (Å²) < 4.78 is 5.56. The van der Waals surface area contributed by atoms with Gasteiger partial charge in [-0.05, 0) is 16.7 Å². The molecule has 4 nitrogen and oxygen atoms in total. The molecule has 28 heavy (non-hydrogen) atoms. The maximum Gasteiger partial charge on any atom is 0.157 e. The largest absolute Gasteiger partial charge is 0.390 e. The SMILES string of the molecule is OC([C@H]1O[C@H](O)C[C@H]1O)C(c1ccccc1)(c1ccccc1)c1ccccc1. The molecule has 1 fully saturated rings. The molecule has 0 radical (unpaired) electrons. The first-order chi connectivity index (χ1) is 13.6. The first-order valence-electron chi connectivity index (χ1n) is 9.50. The maximum atomic E-state index is 11.7. The predicted octanol–water partition coefficient (Wildman–Crippen LogP) is 2.85. The molecule has 0 aromatic heterocycles. The van der Waals surface area contributed by atoms with Gasteiger partial charge in [0, 0.05) is 6.42 Å². The van der Waals surface area contributed by atoms with Crippen LogP contribution in [0.25, 0.3) is 0 Å². The zero-order chi connectivity index (χ0) is 19.6. The summed E-state index contributed by atoms with van der Waals surface area (Å²) in [5.41, 5.74) is 1.69. The van der Waals surface area contributed by atoms with Crippen LogP contribution in [0.3, 0.4) is 0 Å². The van der Waals surface area contributed by atoms with Gasteiger partial charge in [0.15, 0.2) is 6.29 Å². The number of ether oxygens (including phenoxy) is 1. The van der Waals surface area contributed by atoms with Gasteiger partial charge in [-0.3, -0.25) is 0 Å². The number of benzene rings is 3. The Morgan fingerprint density at radius 2 is 1.11 bits per heavy atom. The summed E-state index contributed by atoms with van der Waals surface area (Å²) in [5, 5.41) is 32.1. The van der Waals surface area contributed by atoms with Crippen molar-refractivity contribution in [3.8, 4) is 0 Å². The molecule has 4 heteroatoms. The van der Waals surface area contributed by atoms with Gasteiger partial charge in [0.25, 0.3) is 0 Å². The molecule has 1 aliphatic rings. The van der Waals surface area contributed by atoms with Crippen molar-refractivity contribution in [1.29, 1.82) is 0 Å². The minimum atomic E-state index is -1.12. The van der Waals surface area contributed by atoms with E-state index in [0.29, 0.717) is 0 Å². The molecular formula is C24H24O4. The summed E-state index contributed by atoms with van der Waals surface area (Å²) in [4.78, 5) is 0. The van der Waals surface area contributed by atoms with Gasteiger partial charge in [-0.2, -0.15) is 0 Å².